The van der Waals surface area contributed by atoms with Crippen LogP contribution < -0.4 is 10.2 Å². The lowest BCUT2D eigenvalue weighted by Crippen LogP contribution is -2.39. The second kappa shape index (κ2) is 9.57. The fourth-order valence-corrected chi connectivity index (χ4v) is 6.37. The second-order valence-corrected chi connectivity index (χ2v) is 11.5. The molecule has 2 aliphatic rings. The van der Waals surface area contributed by atoms with Crippen LogP contribution in [-0.4, -0.2) is 52.9 Å². The van der Waals surface area contributed by atoms with Crippen molar-refractivity contribution in [1.82, 2.24) is 15.0 Å². The number of hydrogen-bond donors (Lipinski definition) is 1. The van der Waals surface area contributed by atoms with Crippen molar-refractivity contribution in [3.05, 3.63) is 53.3 Å². The maximum Gasteiger partial charge on any atom is 0.147 e. The minimum absolute atomic E-state index is 0.224. The summed E-state index contributed by atoms with van der Waals surface area (Å²) in [5, 5.41) is 4.84. The summed E-state index contributed by atoms with van der Waals surface area (Å²) in [6.45, 7) is 10.3. The van der Waals surface area contributed by atoms with Gasteiger partial charge in [-0.1, -0.05) is 30.3 Å². The third-order valence-electron chi connectivity index (χ3n) is 7.21. The van der Waals surface area contributed by atoms with Crippen molar-refractivity contribution in [2.24, 2.45) is 0 Å². The van der Waals surface area contributed by atoms with Gasteiger partial charge in [0.15, 0.2) is 0 Å². The van der Waals surface area contributed by atoms with Gasteiger partial charge in [0.1, 0.15) is 22.8 Å². The van der Waals surface area contributed by atoms with Gasteiger partial charge in [-0.2, -0.15) is 0 Å². The quantitative estimate of drug-likeness (QED) is 0.380. The van der Waals surface area contributed by atoms with Crippen LogP contribution in [0.2, 0.25) is 0 Å². The molecule has 6 rings (SSSR count). The van der Waals surface area contributed by atoms with Gasteiger partial charge in [-0.3, -0.25) is 0 Å². The number of benzene rings is 1. The molecular formula is C28H33N5O2S. The maximum atomic E-state index is 6.26. The minimum Gasteiger partial charge on any atom is -0.378 e. The summed E-state index contributed by atoms with van der Waals surface area (Å²) in [5.74, 6) is 1.94. The van der Waals surface area contributed by atoms with E-state index in [9.17, 15) is 0 Å². The van der Waals surface area contributed by atoms with E-state index in [0.29, 0.717) is 6.61 Å². The molecule has 1 N–H and O–H groups in total. The molecular weight excluding hydrogens is 470 g/mol. The smallest absolute Gasteiger partial charge is 0.147 e. The van der Waals surface area contributed by atoms with E-state index in [1.165, 1.54) is 22.1 Å². The molecule has 1 aromatic carbocycles. The molecule has 7 nitrogen and oxygen atoms in total. The number of thiophene rings is 1. The van der Waals surface area contributed by atoms with E-state index in [0.717, 1.165) is 72.2 Å². The number of morpholine rings is 1. The van der Waals surface area contributed by atoms with E-state index in [2.05, 4.69) is 66.3 Å². The molecule has 188 valence electrons. The van der Waals surface area contributed by atoms with E-state index in [1.54, 1.807) is 17.7 Å². The third kappa shape index (κ3) is 4.53. The molecule has 2 aliphatic heterocycles. The van der Waals surface area contributed by atoms with Gasteiger partial charge in [-0.05, 0) is 44.7 Å². The van der Waals surface area contributed by atoms with Gasteiger partial charge in [-0.25, -0.2) is 15.0 Å². The molecule has 36 heavy (non-hydrogen) atoms. The maximum absolute atomic E-state index is 6.26. The lowest BCUT2D eigenvalue weighted by atomic mass is 9.90. The van der Waals surface area contributed by atoms with Crippen LogP contribution in [0.15, 0.2) is 36.7 Å². The minimum atomic E-state index is -0.224. The average molecular weight is 504 g/mol. The van der Waals surface area contributed by atoms with Crippen LogP contribution in [0.5, 0.6) is 0 Å². The topological polar surface area (TPSA) is 72.4 Å². The Kier molecular flexibility index (Phi) is 6.27. The lowest BCUT2D eigenvalue weighted by molar-refractivity contribution is -0.0396. The normalized spacial score (nSPS) is 18.4. The standard InChI is InChI=1S/C28H33N5O2S/c1-18(9-10-19-7-5-4-6-8-19)31-25-24-23(29-17-30-25)22-20-15-28(2,3)35-16-21(20)26(32-27(22)36-24)33-11-13-34-14-12-33/h4-8,17-18H,9-16H2,1-3H3,(H,29,30,31)/t18-/m0/s1. The third-order valence-corrected chi connectivity index (χ3v) is 8.29. The molecule has 5 heterocycles. The summed E-state index contributed by atoms with van der Waals surface area (Å²) in [6.07, 6.45) is 4.59. The Labute approximate surface area is 215 Å². The summed E-state index contributed by atoms with van der Waals surface area (Å²) < 4.78 is 13.0. The lowest BCUT2D eigenvalue weighted by Gasteiger charge is -2.36. The van der Waals surface area contributed by atoms with Gasteiger partial charge in [0.25, 0.3) is 0 Å². The van der Waals surface area contributed by atoms with Gasteiger partial charge >= 0.3 is 0 Å². The van der Waals surface area contributed by atoms with Crippen molar-refractivity contribution in [2.75, 3.05) is 36.5 Å². The zero-order valence-electron chi connectivity index (χ0n) is 21.2. The summed E-state index contributed by atoms with van der Waals surface area (Å²) in [4.78, 5) is 18.0. The fraction of sp³-hybridized carbons (Fsp3) is 0.464. The van der Waals surface area contributed by atoms with Crippen LogP contribution in [0.25, 0.3) is 20.4 Å². The number of hydrogen-bond acceptors (Lipinski definition) is 8. The van der Waals surface area contributed by atoms with Crippen LogP contribution in [-0.2, 0) is 28.9 Å². The molecule has 8 heteroatoms. The van der Waals surface area contributed by atoms with Gasteiger partial charge < -0.3 is 19.7 Å². The predicted octanol–water partition coefficient (Wildman–Crippen LogP) is 5.36. The summed E-state index contributed by atoms with van der Waals surface area (Å²) >= 11 is 1.70. The van der Waals surface area contributed by atoms with Gasteiger partial charge in [0.2, 0.25) is 0 Å². The number of rotatable bonds is 6. The van der Waals surface area contributed by atoms with E-state index in [1.807, 2.05) is 0 Å². The fourth-order valence-electron chi connectivity index (χ4n) is 5.26. The van der Waals surface area contributed by atoms with Crippen LogP contribution in [0.4, 0.5) is 11.6 Å². The van der Waals surface area contributed by atoms with E-state index >= 15 is 0 Å². The molecule has 3 aromatic heterocycles. The highest BCUT2D eigenvalue weighted by atomic mass is 32.1. The number of nitrogens with one attached hydrogen (secondary N) is 1. The van der Waals surface area contributed by atoms with Crippen LogP contribution in [0, 0.1) is 0 Å². The summed E-state index contributed by atoms with van der Waals surface area (Å²) in [5.41, 5.74) is 4.66. The predicted molar refractivity (Wildman–Crippen MR) is 146 cm³/mol. The first-order valence-corrected chi connectivity index (χ1v) is 13.7. The summed E-state index contributed by atoms with van der Waals surface area (Å²) in [7, 11) is 0. The molecule has 0 bridgehead atoms. The zero-order chi connectivity index (χ0) is 24.7. The van der Waals surface area contributed by atoms with Crippen molar-refractivity contribution < 1.29 is 9.47 Å². The first-order chi connectivity index (χ1) is 17.5. The monoisotopic (exact) mass is 503 g/mol. The Balaban J connectivity index is 1.39. The van der Waals surface area contributed by atoms with Crippen LogP contribution in [0.1, 0.15) is 43.9 Å². The molecule has 1 atom stereocenters. The molecule has 0 unspecified atom stereocenters. The largest absolute Gasteiger partial charge is 0.378 e. The SMILES string of the molecule is C[C@@H](CCc1ccccc1)Nc1ncnc2c1sc1nc(N3CCOCC3)c3c(c12)CC(C)(C)OC3. The molecule has 0 spiro atoms. The number of ether oxygens (including phenoxy) is 2. The van der Waals surface area contributed by atoms with Crippen molar-refractivity contribution in [2.45, 2.75) is 58.3 Å². The molecule has 1 saturated heterocycles. The number of anilines is 2. The van der Waals surface area contributed by atoms with Crippen molar-refractivity contribution in [3.8, 4) is 0 Å². The van der Waals surface area contributed by atoms with Gasteiger partial charge in [0.05, 0.1) is 35.6 Å². The van der Waals surface area contributed by atoms with Crippen LogP contribution >= 0.6 is 11.3 Å². The Morgan fingerprint density at radius 3 is 2.72 bits per heavy atom. The first kappa shape index (κ1) is 23.6. The van der Waals surface area contributed by atoms with E-state index in [4.69, 9.17) is 19.4 Å². The van der Waals surface area contributed by atoms with E-state index < -0.39 is 0 Å². The van der Waals surface area contributed by atoms with Crippen LogP contribution in [0.3, 0.4) is 0 Å². The summed E-state index contributed by atoms with van der Waals surface area (Å²) in [6, 6.07) is 10.9. The van der Waals surface area contributed by atoms with Crippen molar-refractivity contribution in [3.63, 3.8) is 0 Å². The van der Waals surface area contributed by atoms with E-state index in [-0.39, 0.29) is 11.6 Å². The van der Waals surface area contributed by atoms with Gasteiger partial charge in [0, 0.05) is 36.5 Å². The van der Waals surface area contributed by atoms with Crippen molar-refractivity contribution >= 4 is 43.4 Å². The Bertz CT molecular complexity index is 1380. The number of aryl methyl sites for hydroxylation is 1. The first-order valence-electron chi connectivity index (χ1n) is 12.8. The van der Waals surface area contributed by atoms with Crippen molar-refractivity contribution in [1.29, 1.82) is 0 Å². The molecule has 0 amide bonds. The molecule has 0 saturated carbocycles. The Morgan fingerprint density at radius 2 is 1.92 bits per heavy atom. The average Bonchev–Trinajstić information content (AvgIpc) is 3.27. The highest BCUT2D eigenvalue weighted by molar-refractivity contribution is 7.26. The zero-order valence-corrected chi connectivity index (χ0v) is 22.0. The number of aromatic nitrogens is 3. The number of pyridine rings is 1. The number of fused-ring (bicyclic) bond motifs is 5. The highest BCUT2D eigenvalue weighted by Gasteiger charge is 2.33. The molecule has 4 aromatic rings. The highest BCUT2D eigenvalue weighted by Crippen LogP contribution is 2.44. The number of nitrogens with zero attached hydrogens (tertiary/aromatic N) is 4. The molecule has 0 aliphatic carbocycles. The Morgan fingerprint density at radius 1 is 1.11 bits per heavy atom. The Hall–Kier alpha value is -2.81. The van der Waals surface area contributed by atoms with Gasteiger partial charge in [-0.15, -0.1) is 11.3 Å². The molecule has 1 fully saturated rings. The molecule has 0 radical (unpaired) electrons. The second-order valence-electron chi connectivity index (χ2n) is 10.5.